The minimum absolute atomic E-state index is 0.110. The standard InChI is InChI=1S/C5H11NOS2/c1-2-6-5(7)3-4-9-8/h8H,2-4H2,1H3,(H,6,7). The predicted octanol–water partition coefficient (Wildman–Crippen LogP) is 1.09. The van der Waals surface area contributed by atoms with Gasteiger partial charge in [0.05, 0.1) is 0 Å². The molecule has 0 radical (unpaired) electrons. The Morgan fingerprint density at radius 1 is 1.78 bits per heavy atom. The minimum atomic E-state index is 0.110. The fraction of sp³-hybridized carbons (Fsp3) is 0.800. The molecule has 0 saturated heterocycles. The lowest BCUT2D eigenvalue weighted by Crippen LogP contribution is -2.22. The number of thiol groups is 1. The summed E-state index contributed by atoms with van der Waals surface area (Å²) in [5.41, 5.74) is 0. The molecule has 0 atom stereocenters. The van der Waals surface area contributed by atoms with E-state index in [0.29, 0.717) is 6.42 Å². The highest BCUT2D eigenvalue weighted by Gasteiger charge is 1.95. The number of hydrogen-bond acceptors (Lipinski definition) is 3. The van der Waals surface area contributed by atoms with Gasteiger partial charge in [0.1, 0.15) is 0 Å². The largest absolute Gasteiger partial charge is 0.356 e. The fourth-order valence-electron chi connectivity index (χ4n) is 0.424. The summed E-state index contributed by atoms with van der Waals surface area (Å²) < 4.78 is 0. The van der Waals surface area contributed by atoms with Crippen molar-refractivity contribution in [1.29, 1.82) is 0 Å². The molecule has 0 bridgehead atoms. The number of carbonyl (C=O) groups excluding carboxylic acids is 1. The topological polar surface area (TPSA) is 29.1 Å². The molecule has 0 rings (SSSR count). The molecular formula is C5H11NOS2. The first-order valence-corrected chi connectivity index (χ1v) is 4.88. The minimum Gasteiger partial charge on any atom is -0.356 e. The predicted molar refractivity (Wildman–Crippen MR) is 44.7 cm³/mol. The molecule has 4 heteroatoms. The molecule has 0 unspecified atom stereocenters. The van der Waals surface area contributed by atoms with Gasteiger partial charge in [0.2, 0.25) is 5.91 Å². The zero-order valence-electron chi connectivity index (χ0n) is 5.39. The SMILES string of the molecule is CCNC(=O)CCSS. The van der Waals surface area contributed by atoms with Crippen LogP contribution in [0.1, 0.15) is 13.3 Å². The van der Waals surface area contributed by atoms with Gasteiger partial charge in [-0.15, -0.1) is 11.7 Å². The van der Waals surface area contributed by atoms with Gasteiger partial charge in [-0.1, -0.05) is 10.8 Å². The fourth-order valence-corrected chi connectivity index (χ4v) is 0.974. The Balaban J connectivity index is 3.06. The van der Waals surface area contributed by atoms with Crippen LogP contribution in [0.15, 0.2) is 0 Å². The van der Waals surface area contributed by atoms with Crippen molar-refractivity contribution in [3.63, 3.8) is 0 Å². The molecule has 54 valence electrons. The van der Waals surface area contributed by atoms with E-state index in [0.717, 1.165) is 12.3 Å². The van der Waals surface area contributed by atoms with E-state index in [1.165, 1.54) is 10.8 Å². The molecule has 0 aliphatic rings. The van der Waals surface area contributed by atoms with Crippen molar-refractivity contribution in [1.82, 2.24) is 5.32 Å². The van der Waals surface area contributed by atoms with Crippen LogP contribution in [-0.2, 0) is 4.79 Å². The second-order valence-corrected chi connectivity index (χ2v) is 2.98. The molecule has 0 spiro atoms. The van der Waals surface area contributed by atoms with E-state index in [4.69, 9.17) is 0 Å². The third-order valence-electron chi connectivity index (χ3n) is 0.794. The summed E-state index contributed by atoms with van der Waals surface area (Å²) in [6.07, 6.45) is 0.571. The molecule has 0 aromatic heterocycles. The number of amides is 1. The van der Waals surface area contributed by atoms with Crippen LogP contribution in [-0.4, -0.2) is 18.2 Å². The first kappa shape index (κ1) is 9.17. The maximum atomic E-state index is 10.6. The molecule has 0 saturated carbocycles. The summed E-state index contributed by atoms with van der Waals surface area (Å²) in [5.74, 6) is 0.897. The molecule has 0 aliphatic carbocycles. The molecule has 2 nitrogen and oxygen atoms in total. The zero-order valence-corrected chi connectivity index (χ0v) is 7.10. The molecule has 0 aromatic carbocycles. The zero-order chi connectivity index (χ0) is 7.11. The maximum absolute atomic E-state index is 10.6. The number of nitrogens with one attached hydrogen (secondary N) is 1. The van der Waals surface area contributed by atoms with Crippen molar-refractivity contribution in [2.45, 2.75) is 13.3 Å². The van der Waals surface area contributed by atoms with E-state index >= 15 is 0 Å². The lowest BCUT2D eigenvalue weighted by molar-refractivity contribution is -0.120. The van der Waals surface area contributed by atoms with Crippen LogP contribution in [0.2, 0.25) is 0 Å². The van der Waals surface area contributed by atoms with Gasteiger partial charge in [0, 0.05) is 18.7 Å². The van der Waals surface area contributed by atoms with Crippen molar-refractivity contribution in [3.05, 3.63) is 0 Å². The molecule has 0 aromatic rings. The summed E-state index contributed by atoms with van der Waals surface area (Å²) in [6, 6.07) is 0. The van der Waals surface area contributed by atoms with E-state index < -0.39 is 0 Å². The summed E-state index contributed by atoms with van der Waals surface area (Å²) >= 11 is 3.90. The molecule has 0 aliphatic heterocycles. The first-order chi connectivity index (χ1) is 4.31. The van der Waals surface area contributed by atoms with Crippen LogP contribution in [0.3, 0.4) is 0 Å². The highest BCUT2D eigenvalue weighted by Crippen LogP contribution is 2.05. The Labute approximate surface area is 64.6 Å². The Hall–Kier alpha value is 0.170. The first-order valence-electron chi connectivity index (χ1n) is 2.84. The molecule has 9 heavy (non-hydrogen) atoms. The van der Waals surface area contributed by atoms with Crippen molar-refractivity contribution >= 4 is 28.4 Å². The van der Waals surface area contributed by atoms with Crippen LogP contribution in [0.25, 0.3) is 0 Å². The molecule has 1 N–H and O–H groups in total. The maximum Gasteiger partial charge on any atom is 0.220 e. The highest BCUT2D eigenvalue weighted by atomic mass is 33.1. The van der Waals surface area contributed by atoms with E-state index in [1.54, 1.807) is 0 Å². The lowest BCUT2D eigenvalue weighted by atomic mass is 10.4. The van der Waals surface area contributed by atoms with Gasteiger partial charge in [0.25, 0.3) is 0 Å². The molecule has 0 fully saturated rings. The normalized spacial score (nSPS) is 9.11. The van der Waals surface area contributed by atoms with Crippen LogP contribution in [0, 0.1) is 0 Å². The third-order valence-corrected chi connectivity index (χ3v) is 1.73. The molecule has 1 amide bonds. The van der Waals surface area contributed by atoms with Crippen molar-refractivity contribution < 1.29 is 4.79 Å². The second-order valence-electron chi connectivity index (χ2n) is 1.54. The van der Waals surface area contributed by atoms with Crippen molar-refractivity contribution in [3.8, 4) is 0 Å². The van der Waals surface area contributed by atoms with Gasteiger partial charge in [-0.25, -0.2) is 0 Å². The van der Waals surface area contributed by atoms with Gasteiger partial charge in [-0.05, 0) is 6.92 Å². The van der Waals surface area contributed by atoms with Gasteiger partial charge >= 0.3 is 0 Å². The van der Waals surface area contributed by atoms with Crippen molar-refractivity contribution in [2.24, 2.45) is 0 Å². The van der Waals surface area contributed by atoms with E-state index in [9.17, 15) is 4.79 Å². The van der Waals surface area contributed by atoms with Gasteiger partial charge in [-0.2, -0.15) is 0 Å². The number of rotatable bonds is 4. The molecular weight excluding hydrogens is 154 g/mol. The third kappa shape index (κ3) is 6.05. The lowest BCUT2D eigenvalue weighted by Gasteiger charge is -1.97. The number of hydrogen-bond donors (Lipinski definition) is 2. The number of carbonyl (C=O) groups is 1. The van der Waals surface area contributed by atoms with Gasteiger partial charge < -0.3 is 5.32 Å². The second kappa shape index (κ2) is 6.29. The Bertz CT molecular complexity index is 87.0. The van der Waals surface area contributed by atoms with E-state index in [1.807, 2.05) is 6.92 Å². The van der Waals surface area contributed by atoms with Crippen LogP contribution in [0.4, 0.5) is 0 Å². The summed E-state index contributed by atoms with van der Waals surface area (Å²) in [5, 5.41) is 2.69. The average Bonchev–Trinajstić information content (AvgIpc) is 1.85. The van der Waals surface area contributed by atoms with Crippen LogP contribution in [0.5, 0.6) is 0 Å². The highest BCUT2D eigenvalue weighted by molar-refractivity contribution is 8.68. The van der Waals surface area contributed by atoms with E-state index in [2.05, 4.69) is 17.0 Å². The van der Waals surface area contributed by atoms with Crippen LogP contribution < -0.4 is 5.32 Å². The summed E-state index contributed by atoms with van der Waals surface area (Å²) in [7, 11) is 1.39. The summed E-state index contributed by atoms with van der Waals surface area (Å²) in [4.78, 5) is 10.6. The smallest absolute Gasteiger partial charge is 0.220 e. The van der Waals surface area contributed by atoms with Crippen LogP contribution >= 0.6 is 22.5 Å². The Kier molecular flexibility index (Phi) is 6.41. The Morgan fingerprint density at radius 2 is 2.44 bits per heavy atom. The van der Waals surface area contributed by atoms with Crippen molar-refractivity contribution in [2.75, 3.05) is 12.3 Å². The van der Waals surface area contributed by atoms with Gasteiger partial charge in [-0.3, -0.25) is 4.79 Å². The van der Waals surface area contributed by atoms with E-state index in [-0.39, 0.29) is 5.91 Å². The van der Waals surface area contributed by atoms with Gasteiger partial charge in [0.15, 0.2) is 0 Å². The quantitative estimate of drug-likeness (QED) is 0.482. The summed E-state index contributed by atoms with van der Waals surface area (Å²) in [6.45, 7) is 2.63. The Morgan fingerprint density at radius 3 is 2.89 bits per heavy atom. The monoisotopic (exact) mass is 165 g/mol. The molecule has 0 heterocycles. The average molecular weight is 165 g/mol.